The summed E-state index contributed by atoms with van der Waals surface area (Å²) in [5.74, 6) is -1.31. The van der Waals surface area contributed by atoms with Crippen LogP contribution in [0.1, 0.15) is 23.7 Å². The van der Waals surface area contributed by atoms with Crippen LogP contribution in [0.15, 0.2) is 18.2 Å². The number of fused-ring (bicyclic) bond motifs is 1. The molecule has 7 nitrogen and oxygen atoms in total. The highest BCUT2D eigenvalue weighted by molar-refractivity contribution is 5.97. The first kappa shape index (κ1) is 13.5. The van der Waals surface area contributed by atoms with E-state index in [1.807, 2.05) is 6.92 Å². The Balaban J connectivity index is 1.84. The van der Waals surface area contributed by atoms with Crippen LogP contribution in [0, 0.1) is 11.8 Å². The first-order valence-corrected chi connectivity index (χ1v) is 6.87. The molecule has 3 rings (SSSR count). The van der Waals surface area contributed by atoms with Gasteiger partial charge in [0.05, 0.1) is 5.92 Å². The Bertz CT molecular complexity index is 696. The summed E-state index contributed by atoms with van der Waals surface area (Å²) in [6.07, 6.45) is 0.613. The summed E-state index contributed by atoms with van der Waals surface area (Å²) in [7, 11) is 0. The molecule has 0 radical (unpaired) electrons. The highest BCUT2D eigenvalue weighted by atomic mass is 16.4. The Hall–Kier alpha value is -2.44. The second-order valence-electron chi connectivity index (χ2n) is 5.61. The zero-order valence-corrected chi connectivity index (χ0v) is 11.6. The third kappa shape index (κ3) is 2.58. The molecule has 2 N–H and O–H groups in total. The average molecular weight is 288 g/mol. The van der Waals surface area contributed by atoms with E-state index in [1.54, 1.807) is 23.1 Å². The van der Waals surface area contributed by atoms with E-state index in [2.05, 4.69) is 15.4 Å². The number of carbonyl (C=O) groups is 2. The summed E-state index contributed by atoms with van der Waals surface area (Å²) in [5, 5.41) is 19.6. The summed E-state index contributed by atoms with van der Waals surface area (Å²) in [6.45, 7) is 2.81. The summed E-state index contributed by atoms with van der Waals surface area (Å²) in [5.41, 5.74) is 1.83. The number of aromatic nitrogens is 3. The highest BCUT2D eigenvalue weighted by Gasteiger charge is 2.32. The lowest BCUT2D eigenvalue weighted by Crippen LogP contribution is -2.45. The van der Waals surface area contributed by atoms with Crippen LogP contribution in [-0.4, -0.2) is 50.4 Å². The van der Waals surface area contributed by atoms with E-state index in [-0.39, 0.29) is 18.4 Å². The number of hydrogen-bond acceptors (Lipinski definition) is 4. The first-order chi connectivity index (χ1) is 10.0. The molecule has 0 saturated carbocycles. The van der Waals surface area contributed by atoms with Crippen LogP contribution in [0.5, 0.6) is 0 Å². The molecule has 2 aromatic rings. The lowest BCUT2D eigenvalue weighted by atomic mass is 9.90. The van der Waals surface area contributed by atoms with Gasteiger partial charge in [-0.1, -0.05) is 6.92 Å². The molecule has 1 amide bonds. The van der Waals surface area contributed by atoms with Gasteiger partial charge in [0.15, 0.2) is 0 Å². The predicted octanol–water partition coefficient (Wildman–Crippen LogP) is 1.14. The van der Waals surface area contributed by atoms with Crippen molar-refractivity contribution < 1.29 is 14.7 Å². The van der Waals surface area contributed by atoms with E-state index in [9.17, 15) is 14.7 Å². The molecule has 0 aliphatic carbocycles. The standard InChI is InChI=1S/C14H16N4O3/c1-8-4-10(14(20)21)7-18(6-8)13(19)9-2-3-11-12(5-9)16-17-15-11/h2-3,5,8,10H,4,6-7H2,1H3,(H,20,21)(H,15,16,17). The molecule has 1 aliphatic heterocycles. The third-order valence-corrected chi connectivity index (χ3v) is 3.86. The lowest BCUT2D eigenvalue weighted by Gasteiger charge is -2.34. The van der Waals surface area contributed by atoms with Crippen molar-refractivity contribution in [2.24, 2.45) is 11.8 Å². The summed E-state index contributed by atoms with van der Waals surface area (Å²) in [4.78, 5) is 25.4. The van der Waals surface area contributed by atoms with Crippen LogP contribution in [0.3, 0.4) is 0 Å². The molecule has 1 aromatic heterocycles. The number of carboxylic acids is 1. The van der Waals surface area contributed by atoms with Crippen molar-refractivity contribution in [2.75, 3.05) is 13.1 Å². The number of carbonyl (C=O) groups excluding carboxylic acids is 1. The maximum absolute atomic E-state index is 12.6. The van der Waals surface area contributed by atoms with Crippen LogP contribution in [0.4, 0.5) is 0 Å². The minimum absolute atomic E-state index is 0.155. The van der Waals surface area contributed by atoms with E-state index < -0.39 is 11.9 Å². The first-order valence-electron chi connectivity index (χ1n) is 6.87. The topological polar surface area (TPSA) is 99.2 Å². The third-order valence-electron chi connectivity index (χ3n) is 3.86. The largest absolute Gasteiger partial charge is 0.481 e. The molecule has 0 bridgehead atoms. The highest BCUT2D eigenvalue weighted by Crippen LogP contribution is 2.24. The summed E-state index contributed by atoms with van der Waals surface area (Å²) in [6, 6.07) is 5.10. The molecule has 0 spiro atoms. The maximum Gasteiger partial charge on any atom is 0.308 e. The minimum Gasteiger partial charge on any atom is -0.481 e. The van der Waals surface area contributed by atoms with Crippen LogP contribution in [-0.2, 0) is 4.79 Å². The van der Waals surface area contributed by atoms with Gasteiger partial charge in [-0.05, 0) is 30.5 Å². The van der Waals surface area contributed by atoms with Gasteiger partial charge in [0, 0.05) is 18.7 Å². The number of carboxylic acid groups (broad SMARTS) is 1. The van der Waals surface area contributed by atoms with Gasteiger partial charge in [0.1, 0.15) is 11.0 Å². The number of H-pyrrole nitrogens is 1. The fraction of sp³-hybridized carbons (Fsp3) is 0.429. The Morgan fingerprint density at radius 3 is 2.81 bits per heavy atom. The van der Waals surface area contributed by atoms with Gasteiger partial charge in [0.2, 0.25) is 0 Å². The lowest BCUT2D eigenvalue weighted by molar-refractivity contribution is -0.143. The SMILES string of the molecule is CC1CC(C(=O)O)CN(C(=O)c2ccc3n[nH]nc3c2)C1. The number of nitrogens with one attached hydrogen (secondary N) is 1. The van der Waals surface area contributed by atoms with Crippen LogP contribution < -0.4 is 0 Å². The number of nitrogens with zero attached hydrogens (tertiary/aromatic N) is 3. The van der Waals surface area contributed by atoms with Crippen molar-refractivity contribution in [3.05, 3.63) is 23.8 Å². The molecule has 2 unspecified atom stereocenters. The Morgan fingerprint density at radius 2 is 2.05 bits per heavy atom. The molecule has 21 heavy (non-hydrogen) atoms. The van der Waals surface area contributed by atoms with E-state index in [0.29, 0.717) is 29.6 Å². The van der Waals surface area contributed by atoms with Crippen LogP contribution >= 0.6 is 0 Å². The monoisotopic (exact) mass is 288 g/mol. The second-order valence-corrected chi connectivity index (χ2v) is 5.61. The second kappa shape index (κ2) is 5.16. The van der Waals surface area contributed by atoms with Crippen molar-refractivity contribution >= 4 is 22.9 Å². The van der Waals surface area contributed by atoms with Gasteiger partial charge in [-0.25, -0.2) is 0 Å². The molecule has 110 valence electrons. The van der Waals surface area contributed by atoms with Crippen molar-refractivity contribution in [1.29, 1.82) is 0 Å². The zero-order valence-electron chi connectivity index (χ0n) is 11.6. The zero-order chi connectivity index (χ0) is 15.0. The summed E-state index contributed by atoms with van der Waals surface area (Å²) >= 11 is 0. The van der Waals surface area contributed by atoms with E-state index in [1.165, 1.54) is 0 Å². The quantitative estimate of drug-likeness (QED) is 0.863. The number of piperidine rings is 1. The number of hydrogen-bond donors (Lipinski definition) is 2. The average Bonchev–Trinajstić information content (AvgIpc) is 2.93. The Labute approximate surface area is 120 Å². The summed E-state index contributed by atoms with van der Waals surface area (Å²) < 4.78 is 0. The fourth-order valence-corrected chi connectivity index (χ4v) is 2.85. The molecule has 2 atom stereocenters. The van der Waals surface area contributed by atoms with Gasteiger partial charge < -0.3 is 10.0 Å². The maximum atomic E-state index is 12.6. The number of aliphatic carboxylic acids is 1. The van der Waals surface area contributed by atoms with Gasteiger partial charge in [-0.2, -0.15) is 15.4 Å². The predicted molar refractivity (Wildman–Crippen MR) is 74.7 cm³/mol. The Kier molecular flexibility index (Phi) is 3.32. The normalized spacial score (nSPS) is 22.4. The number of benzene rings is 1. The van der Waals surface area contributed by atoms with Crippen molar-refractivity contribution in [1.82, 2.24) is 20.3 Å². The van der Waals surface area contributed by atoms with E-state index in [4.69, 9.17) is 0 Å². The number of rotatable bonds is 2. The molecule has 2 heterocycles. The molecular formula is C14H16N4O3. The number of likely N-dealkylation sites (tertiary alicyclic amines) is 1. The molecule has 1 aromatic carbocycles. The van der Waals surface area contributed by atoms with Crippen molar-refractivity contribution in [2.45, 2.75) is 13.3 Å². The fourth-order valence-electron chi connectivity index (χ4n) is 2.85. The van der Waals surface area contributed by atoms with Crippen molar-refractivity contribution in [3.63, 3.8) is 0 Å². The smallest absolute Gasteiger partial charge is 0.308 e. The van der Waals surface area contributed by atoms with E-state index in [0.717, 1.165) is 0 Å². The number of aromatic amines is 1. The molecule has 1 saturated heterocycles. The van der Waals surface area contributed by atoms with Crippen LogP contribution in [0.25, 0.3) is 11.0 Å². The van der Waals surface area contributed by atoms with Crippen molar-refractivity contribution in [3.8, 4) is 0 Å². The van der Waals surface area contributed by atoms with Gasteiger partial charge in [0.25, 0.3) is 5.91 Å². The molecule has 1 fully saturated rings. The molecule has 1 aliphatic rings. The number of amides is 1. The Morgan fingerprint density at radius 1 is 1.29 bits per heavy atom. The van der Waals surface area contributed by atoms with Gasteiger partial charge in [-0.3, -0.25) is 9.59 Å². The van der Waals surface area contributed by atoms with Gasteiger partial charge in [-0.15, -0.1) is 0 Å². The van der Waals surface area contributed by atoms with Gasteiger partial charge >= 0.3 is 5.97 Å². The minimum atomic E-state index is -0.841. The van der Waals surface area contributed by atoms with Crippen LogP contribution in [0.2, 0.25) is 0 Å². The van der Waals surface area contributed by atoms with E-state index >= 15 is 0 Å². The molecule has 7 heteroatoms. The molecular weight excluding hydrogens is 272 g/mol.